The normalized spacial score (nSPS) is 11.5. The highest BCUT2D eigenvalue weighted by molar-refractivity contribution is 5.78. The first kappa shape index (κ1) is 11.9. The summed E-state index contributed by atoms with van der Waals surface area (Å²) < 4.78 is 5.40. The summed E-state index contributed by atoms with van der Waals surface area (Å²) >= 11 is 0. The van der Waals surface area contributed by atoms with Gasteiger partial charge in [0.1, 0.15) is 5.78 Å². The lowest BCUT2D eigenvalue weighted by molar-refractivity contribution is -0.116. The largest absolute Gasteiger partial charge is 0.374 e. The van der Waals surface area contributed by atoms with Gasteiger partial charge in [-0.05, 0) is 31.9 Å². The van der Waals surface area contributed by atoms with Gasteiger partial charge in [0, 0.05) is 13.5 Å². The first-order valence-electron chi connectivity index (χ1n) is 5.09. The molecule has 2 nitrogen and oxygen atoms in total. The van der Waals surface area contributed by atoms with Gasteiger partial charge >= 0.3 is 0 Å². The van der Waals surface area contributed by atoms with Crippen LogP contribution in [0.3, 0.4) is 0 Å². The summed E-state index contributed by atoms with van der Waals surface area (Å²) in [5.74, 6) is 0.183. The molecule has 82 valence electrons. The standard InChI is InChI=1S/C13H18O2/c1-10(14)8-11-6-5-7-12(9-11)13(2,3)15-4/h5-7,9H,8H2,1-4H3. The lowest BCUT2D eigenvalue weighted by atomic mass is 9.95. The van der Waals surface area contributed by atoms with Gasteiger partial charge in [-0.1, -0.05) is 24.3 Å². The molecule has 0 fully saturated rings. The highest BCUT2D eigenvalue weighted by Gasteiger charge is 2.19. The second-order valence-electron chi connectivity index (χ2n) is 4.29. The second kappa shape index (κ2) is 4.58. The van der Waals surface area contributed by atoms with Gasteiger partial charge in [0.05, 0.1) is 5.60 Å². The summed E-state index contributed by atoms with van der Waals surface area (Å²) in [6.07, 6.45) is 0.494. The van der Waals surface area contributed by atoms with Gasteiger partial charge in [-0.15, -0.1) is 0 Å². The third-order valence-electron chi connectivity index (χ3n) is 2.59. The Kier molecular flexibility index (Phi) is 3.64. The zero-order chi connectivity index (χ0) is 11.5. The van der Waals surface area contributed by atoms with Crippen molar-refractivity contribution in [3.63, 3.8) is 0 Å². The van der Waals surface area contributed by atoms with E-state index in [1.165, 1.54) is 0 Å². The van der Waals surface area contributed by atoms with E-state index >= 15 is 0 Å². The van der Waals surface area contributed by atoms with Gasteiger partial charge in [0.15, 0.2) is 0 Å². The van der Waals surface area contributed by atoms with Crippen LogP contribution >= 0.6 is 0 Å². The highest BCUT2D eigenvalue weighted by atomic mass is 16.5. The number of carbonyl (C=O) groups excluding carboxylic acids is 1. The van der Waals surface area contributed by atoms with Crippen molar-refractivity contribution in [3.8, 4) is 0 Å². The maximum Gasteiger partial charge on any atom is 0.134 e. The van der Waals surface area contributed by atoms with Gasteiger partial charge in [-0.3, -0.25) is 4.79 Å². The Hall–Kier alpha value is -1.15. The fourth-order valence-corrected chi connectivity index (χ4v) is 1.46. The summed E-state index contributed by atoms with van der Waals surface area (Å²) in [7, 11) is 1.69. The Balaban J connectivity index is 2.97. The Morgan fingerprint density at radius 2 is 2.07 bits per heavy atom. The molecule has 2 heteroatoms. The lowest BCUT2D eigenvalue weighted by Gasteiger charge is -2.23. The molecule has 0 unspecified atom stereocenters. The zero-order valence-corrected chi connectivity index (χ0v) is 9.83. The Morgan fingerprint density at radius 1 is 1.40 bits per heavy atom. The van der Waals surface area contributed by atoms with Crippen LogP contribution < -0.4 is 0 Å². The van der Waals surface area contributed by atoms with Crippen LogP contribution in [0.4, 0.5) is 0 Å². The predicted octanol–water partition coefficient (Wildman–Crippen LogP) is 2.70. The monoisotopic (exact) mass is 206 g/mol. The first-order chi connectivity index (χ1) is 6.95. The number of hydrogen-bond donors (Lipinski definition) is 0. The molecule has 0 bridgehead atoms. The van der Waals surface area contributed by atoms with E-state index in [0.717, 1.165) is 11.1 Å². The average Bonchev–Trinajstić information content (AvgIpc) is 2.17. The molecule has 0 aliphatic carbocycles. The quantitative estimate of drug-likeness (QED) is 0.757. The molecule has 0 spiro atoms. The molecule has 0 atom stereocenters. The van der Waals surface area contributed by atoms with Crippen LogP contribution in [-0.4, -0.2) is 12.9 Å². The molecule has 15 heavy (non-hydrogen) atoms. The maximum atomic E-state index is 11.0. The van der Waals surface area contributed by atoms with E-state index in [-0.39, 0.29) is 11.4 Å². The van der Waals surface area contributed by atoms with Crippen molar-refractivity contribution in [1.82, 2.24) is 0 Å². The average molecular weight is 206 g/mol. The van der Waals surface area contributed by atoms with E-state index in [1.54, 1.807) is 14.0 Å². The number of carbonyl (C=O) groups is 1. The molecule has 0 saturated carbocycles. The van der Waals surface area contributed by atoms with Crippen molar-refractivity contribution < 1.29 is 9.53 Å². The molecule has 0 aliphatic rings. The molecule has 0 aromatic heterocycles. The predicted molar refractivity (Wildman–Crippen MR) is 60.9 cm³/mol. The molecule has 1 aromatic carbocycles. The Morgan fingerprint density at radius 3 is 2.60 bits per heavy atom. The van der Waals surface area contributed by atoms with Crippen molar-refractivity contribution >= 4 is 5.78 Å². The molecule has 0 radical (unpaired) electrons. The minimum Gasteiger partial charge on any atom is -0.374 e. The molecule has 1 rings (SSSR count). The van der Waals surface area contributed by atoms with E-state index in [0.29, 0.717) is 6.42 Å². The van der Waals surface area contributed by atoms with Crippen LogP contribution in [-0.2, 0) is 21.6 Å². The van der Waals surface area contributed by atoms with E-state index < -0.39 is 0 Å². The summed E-state index contributed by atoms with van der Waals surface area (Å²) in [5.41, 5.74) is 1.85. The molecule has 0 aliphatic heterocycles. The minimum absolute atomic E-state index is 0.183. The summed E-state index contributed by atoms with van der Waals surface area (Å²) in [5, 5.41) is 0. The second-order valence-corrected chi connectivity index (χ2v) is 4.29. The van der Waals surface area contributed by atoms with Crippen molar-refractivity contribution in [2.75, 3.05) is 7.11 Å². The van der Waals surface area contributed by atoms with Gasteiger partial charge < -0.3 is 4.74 Å². The van der Waals surface area contributed by atoms with Crippen LogP contribution in [0.25, 0.3) is 0 Å². The molecule has 0 heterocycles. The number of benzene rings is 1. The number of ketones is 1. The fourth-order valence-electron chi connectivity index (χ4n) is 1.46. The summed E-state index contributed by atoms with van der Waals surface area (Å²) in [6, 6.07) is 7.99. The zero-order valence-electron chi connectivity index (χ0n) is 9.83. The highest BCUT2D eigenvalue weighted by Crippen LogP contribution is 2.24. The molecular formula is C13H18O2. The van der Waals surface area contributed by atoms with Gasteiger partial charge in [0.2, 0.25) is 0 Å². The molecule has 0 amide bonds. The lowest BCUT2D eigenvalue weighted by Crippen LogP contribution is -2.19. The first-order valence-corrected chi connectivity index (χ1v) is 5.09. The summed E-state index contributed by atoms with van der Waals surface area (Å²) in [6.45, 7) is 5.63. The number of rotatable bonds is 4. The van der Waals surface area contributed by atoms with Crippen LogP contribution in [0.2, 0.25) is 0 Å². The fraction of sp³-hybridized carbons (Fsp3) is 0.462. The van der Waals surface area contributed by atoms with Crippen molar-refractivity contribution in [1.29, 1.82) is 0 Å². The van der Waals surface area contributed by atoms with Crippen molar-refractivity contribution in [3.05, 3.63) is 35.4 Å². The topological polar surface area (TPSA) is 26.3 Å². The minimum atomic E-state index is -0.299. The molecule has 0 N–H and O–H groups in total. The third-order valence-corrected chi connectivity index (χ3v) is 2.59. The number of methoxy groups -OCH3 is 1. The van der Waals surface area contributed by atoms with E-state index in [4.69, 9.17) is 4.74 Å². The number of hydrogen-bond acceptors (Lipinski definition) is 2. The van der Waals surface area contributed by atoms with Crippen LogP contribution in [0.1, 0.15) is 31.9 Å². The number of ether oxygens (including phenoxy) is 1. The van der Waals surface area contributed by atoms with Crippen molar-refractivity contribution in [2.45, 2.75) is 32.8 Å². The van der Waals surface area contributed by atoms with Crippen molar-refractivity contribution in [2.24, 2.45) is 0 Å². The molecule has 1 aromatic rings. The smallest absolute Gasteiger partial charge is 0.134 e. The van der Waals surface area contributed by atoms with Gasteiger partial charge in [-0.25, -0.2) is 0 Å². The van der Waals surface area contributed by atoms with Gasteiger partial charge in [0.25, 0.3) is 0 Å². The van der Waals surface area contributed by atoms with E-state index in [9.17, 15) is 4.79 Å². The Bertz CT molecular complexity index is 353. The maximum absolute atomic E-state index is 11.0. The van der Waals surface area contributed by atoms with Gasteiger partial charge in [-0.2, -0.15) is 0 Å². The van der Waals surface area contributed by atoms with Crippen LogP contribution in [0.15, 0.2) is 24.3 Å². The Labute approximate surface area is 91.3 Å². The van der Waals surface area contributed by atoms with E-state index in [1.807, 2.05) is 38.1 Å². The number of Topliss-reactive ketones (excluding diaryl/α,β-unsaturated/α-hetero) is 1. The van der Waals surface area contributed by atoms with Crippen LogP contribution in [0.5, 0.6) is 0 Å². The van der Waals surface area contributed by atoms with E-state index in [2.05, 4.69) is 0 Å². The molecule has 0 saturated heterocycles. The van der Waals surface area contributed by atoms with Crippen LogP contribution in [0, 0.1) is 0 Å². The molecular weight excluding hydrogens is 188 g/mol. The summed E-state index contributed by atoms with van der Waals surface area (Å²) in [4.78, 5) is 11.0. The SMILES string of the molecule is COC(C)(C)c1cccc(CC(C)=O)c1. The third kappa shape index (κ3) is 3.17.